The van der Waals surface area contributed by atoms with Crippen molar-refractivity contribution in [2.45, 2.75) is 18.5 Å². The number of aliphatic hydroxyl groups is 1. The van der Waals surface area contributed by atoms with E-state index in [4.69, 9.17) is 9.47 Å². The molecule has 0 saturated heterocycles. The molecule has 0 spiro atoms. The van der Waals surface area contributed by atoms with Gasteiger partial charge in [0, 0.05) is 7.11 Å². The van der Waals surface area contributed by atoms with Crippen molar-refractivity contribution in [2.75, 3.05) is 14.2 Å². The molecule has 1 heterocycles. The molecule has 1 aliphatic rings. The van der Waals surface area contributed by atoms with Crippen LogP contribution in [0.2, 0.25) is 0 Å². The SMILES string of the molecule is COC(=O)C1OC(OC)C=CC1O. The van der Waals surface area contributed by atoms with E-state index < -0.39 is 24.5 Å². The Morgan fingerprint density at radius 2 is 2.15 bits per heavy atom. The van der Waals surface area contributed by atoms with Crippen molar-refractivity contribution in [1.29, 1.82) is 0 Å². The van der Waals surface area contributed by atoms with Crippen LogP contribution in [0.25, 0.3) is 0 Å². The second kappa shape index (κ2) is 4.36. The molecule has 0 fully saturated rings. The van der Waals surface area contributed by atoms with Gasteiger partial charge >= 0.3 is 5.97 Å². The van der Waals surface area contributed by atoms with Crippen LogP contribution in [0.5, 0.6) is 0 Å². The van der Waals surface area contributed by atoms with E-state index in [-0.39, 0.29) is 0 Å². The van der Waals surface area contributed by atoms with Crippen LogP contribution in [-0.2, 0) is 19.0 Å². The van der Waals surface area contributed by atoms with Crippen molar-refractivity contribution in [3.05, 3.63) is 12.2 Å². The maximum Gasteiger partial charge on any atom is 0.338 e. The molecular weight excluding hydrogens is 176 g/mol. The van der Waals surface area contributed by atoms with E-state index in [1.54, 1.807) is 0 Å². The van der Waals surface area contributed by atoms with E-state index in [1.807, 2.05) is 0 Å². The van der Waals surface area contributed by atoms with Gasteiger partial charge in [-0.2, -0.15) is 0 Å². The monoisotopic (exact) mass is 188 g/mol. The summed E-state index contributed by atoms with van der Waals surface area (Å²) < 4.78 is 14.3. The minimum Gasteiger partial charge on any atom is -0.467 e. The third kappa shape index (κ3) is 2.27. The average Bonchev–Trinajstić information content (AvgIpc) is 2.17. The fourth-order valence-corrected chi connectivity index (χ4v) is 1.02. The third-order valence-electron chi connectivity index (χ3n) is 1.72. The molecule has 74 valence electrons. The van der Waals surface area contributed by atoms with Crippen LogP contribution >= 0.6 is 0 Å². The highest BCUT2D eigenvalue weighted by Gasteiger charge is 2.32. The molecule has 1 rings (SSSR count). The van der Waals surface area contributed by atoms with E-state index in [0.717, 1.165) is 0 Å². The van der Waals surface area contributed by atoms with Crippen LogP contribution < -0.4 is 0 Å². The molecule has 3 atom stereocenters. The highest BCUT2D eigenvalue weighted by Crippen LogP contribution is 2.14. The van der Waals surface area contributed by atoms with Crippen LogP contribution in [0.15, 0.2) is 12.2 Å². The molecule has 13 heavy (non-hydrogen) atoms. The summed E-state index contributed by atoms with van der Waals surface area (Å²) in [7, 11) is 2.68. The summed E-state index contributed by atoms with van der Waals surface area (Å²) in [5.74, 6) is -0.612. The lowest BCUT2D eigenvalue weighted by molar-refractivity contribution is -0.188. The predicted octanol–water partition coefficient (Wildman–Crippen LogP) is -0.552. The van der Waals surface area contributed by atoms with E-state index >= 15 is 0 Å². The number of aliphatic hydroxyl groups excluding tert-OH is 1. The van der Waals surface area contributed by atoms with Gasteiger partial charge in [0.2, 0.25) is 0 Å². The Labute approximate surface area is 75.9 Å². The molecular formula is C8H12O5. The first-order chi connectivity index (χ1) is 6.19. The standard InChI is InChI=1S/C8H12O5/c1-11-6-4-3-5(9)7(13-6)8(10)12-2/h3-7,9H,1-2H3. The first kappa shape index (κ1) is 10.2. The summed E-state index contributed by atoms with van der Waals surface area (Å²) in [6.07, 6.45) is 0.398. The highest BCUT2D eigenvalue weighted by atomic mass is 16.7. The summed E-state index contributed by atoms with van der Waals surface area (Å²) in [6, 6.07) is 0. The van der Waals surface area contributed by atoms with Crippen molar-refractivity contribution in [2.24, 2.45) is 0 Å². The molecule has 0 aliphatic carbocycles. The summed E-state index contributed by atoms with van der Waals surface area (Å²) in [5.41, 5.74) is 0. The highest BCUT2D eigenvalue weighted by molar-refractivity contribution is 5.75. The van der Waals surface area contributed by atoms with E-state index in [2.05, 4.69) is 4.74 Å². The summed E-state index contributed by atoms with van der Waals surface area (Å²) >= 11 is 0. The first-order valence-corrected chi connectivity index (χ1v) is 3.81. The largest absolute Gasteiger partial charge is 0.467 e. The fourth-order valence-electron chi connectivity index (χ4n) is 1.02. The molecule has 5 nitrogen and oxygen atoms in total. The zero-order valence-corrected chi connectivity index (χ0v) is 7.47. The van der Waals surface area contributed by atoms with Crippen molar-refractivity contribution in [3.8, 4) is 0 Å². The second-order valence-corrected chi connectivity index (χ2v) is 2.56. The average molecular weight is 188 g/mol. The molecule has 0 aromatic carbocycles. The number of carbonyl (C=O) groups excluding carboxylic acids is 1. The Kier molecular flexibility index (Phi) is 3.41. The van der Waals surface area contributed by atoms with Gasteiger partial charge in [-0.05, 0) is 6.08 Å². The zero-order chi connectivity index (χ0) is 9.84. The molecule has 3 unspecified atom stereocenters. The van der Waals surface area contributed by atoms with Gasteiger partial charge in [-0.25, -0.2) is 4.79 Å². The van der Waals surface area contributed by atoms with Gasteiger partial charge in [0.15, 0.2) is 12.4 Å². The van der Waals surface area contributed by atoms with Crippen molar-refractivity contribution >= 4 is 5.97 Å². The predicted molar refractivity (Wildman–Crippen MR) is 42.8 cm³/mol. The van der Waals surface area contributed by atoms with Gasteiger partial charge in [-0.3, -0.25) is 0 Å². The Bertz CT molecular complexity index is 213. The molecule has 0 saturated carbocycles. The lowest BCUT2D eigenvalue weighted by atomic mass is 10.1. The van der Waals surface area contributed by atoms with Gasteiger partial charge in [0.25, 0.3) is 0 Å². The maximum atomic E-state index is 11.0. The Morgan fingerprint density at radius 1 is 1.46 bits per heavy atom. The summed E-state index contributed by atoms with van der Waals surface area (Å²) in [5, 5.41) is 9.32. The Hall–Kier alpha value is -0.910. The van der Waals surface area contributed by atoms with Crippen LogP contribution in [0.4, 0.5) is 0 Å². The number of esters is 1. The number of methoxy groups -OCH3 is 2. The molecule has 0 radical (unpaired) electrons. The topological polar surface area (TPSA) is 65.0 Å². The third-order valence-corrected chi connectivity index (χ3v) is 1.72. The van der Waals surface area contributed by atoms with Gasteiger partial charge in [-0.1, -0.05) is 6.08 Å². The molecule has 0 bridgehead atoms. The Morgan fingerprint density at radius 3 is 2.69 bits per heavy atom. The quantitative estimate of drug-likeness (QED) is 0.465. The first-order valence-electron chi connectivity index (χ1n) is 3.81. The number of hydrogen-bond donors (Lipinski definition) is 1. The lowest BCUT2D eigenvalue weighted by Crippen LogP contribution is -2.42. The number of carbonyl (C=O) groups is 1. The summed E-state index contributed by atoms with van der Waals surface area (Å²) in [4.78, 5) is 11.0. The summed E-state index contributed by atoms with van der Waals surface area (Å²) in [6.45, 7) is 0. The zero-order valence-electron chi connectivity index (χ0n) is 7.47. The van der Waals surface area contributed by atoms with Crippen molar-refractivity contribution in [3.63, 3.8) is 0 Å². The van der Waals surface area contributed by atoms with Crippen LogP contribution in [0, 0.1) is 0 Å². The molecule has 1 aliphatic heterocycles. The normalized spacial score (nSPS) is 33.0. The number of hydrogen-bond acceptors (Lipinski definition) is 5. The molecule has 5 heteroatoms. The van der Waals surface area contributed by atoms with Crippen LogP contribution in [-0.4, -0.2) is 43.8 Å². The van der Waals surface area contributed by atoms with Gasteiger partial charge in [-0.15, -0.1) is 0 Å². The second-order valence-electron chi connectivity index (χ2n) is 2.56. The van der Waals surface area contributed by atoms with Crippen molar-refractivity contribution in [1.82, 2.24) is 0 Å². The van der Waals surface area contributed by atoms with Gasteiger partial charge < -0.3 is 19.3 Å². The van der Waals surface area contributed by atoms with Crippen LogP contribution in [0.1, 0.15) is 0 Å². The smallest absolute Gasteiger partial charge is 0.338 e. The minimum atomic E-state index is -1.00. The Balaban J connectivity index is 2.65. The molecule has 1 N–H and O–H groups in total. The van der Waals surface area contributed by atoms with Crippen LogP contribution in [0.3, 0.4) is 0 Å². The molecule has 0 aromatic rings. The van der Waals surface area contributed by atoms with Gasteiger partial charge in [0.1, 0.15) is 6.10 Å². The van der Waals surface area contributed by atoms with Gasteiger partial charge in [0.05, 0.1) is 7.11 Å². The lowest BCUT2D eigenvalue weighted by Gasteiger charge is -2.26. The minimum absolute atomic E-state index is 0.604. The van der Waals surface area contributed by atoms with E-state index in [1.165, 1.54) is 26.4 Å². The van der Waals surface area contributed by atoms with E-state index in [9.17, 15) is 9.90 Å². The molecule has 0 amide bonds. The number of rotatable bonds is 2. The fraction of sp³-hybridized carbons (Fsp3) is 0.625. The maximum absolute atomic E-state index is 11.0. The van der Waals surface area contributed by atoms with E-state index in [0.29, 0.717) is 0 Å². The number of ether oxygens (including phenoxy) is 3. The molecule has 0 aromatic heterocycles. The van der Waals surface area contributed by atoms with Crippen molar-refractivity contribution < 1.29 is 24.1 Å².